The first-order valence-electron chi connectivity index (χ1n) is 4.71. The maximum atomic E-state index is 11.8. The highest BCUT2D eigenvalue weighted by molar-refractivity contribution is 7.89. The van der Waals surface area contributed by atoms with Gasteiger partial charge in [0.25, 0.3) is 0 Å². The summed E-state index contributed by atoms with van der Waals surface area (Å²) in [5, 5.41) is 23.5. The number of H-pyrrole nitrogens is 1. The molecule has 17 heavy (non-hydrogen) atoms. The van der Waals surface area contributed by atoms with Crippen molar-refractivity contribution in [2.45, 2.75) is 24.8 Å². The molecule has 0 aliphatic carbocycles. The van der Waals surface area contributed by atoms with E-state index in [4.69, 9.17) is 10.2 Å². The van der Waals surface area contributed by atoms with Crippen molar-refractivity contribution in [3.63, 3.8) is 0 Å². The molecule has 0 amide bonds. The number of nitrogens with one attached hydrogen (secondary N) is 2. The molecule has 0 fully saturated rings. The zero-order chi connectivity index (χ0) is 13.2. The fourth-order valence-corrected chi connectivity index (χ4v) is 2.64. The summed E-state index contributed by atoms with van der Waals surface area (Å²) in [6.45, 7) is 2.60. The van der Waals surface area contributed by atoms with Crippen LogP contribution in [-0.4, -0.2) is 47.4 Å². The maximum absolute atomic E-state index is 11.8. The van der Waals surface area contributed by atoms with E-state index in [1.807, 2.05) is 0 Å². The van der Waals surface area contributed by atoms with Gasteiger partial charge in [0.1, 0.15) is 4.90 Å². The summed E-state index contributed by atoms with van der Waals surface area (Å²) < 4.78 is 25.7. The molecule has 0 aromatic carbocycles. The minimum Gasteiger partial charge on any atom is -0.476 e. The van der Waals surface area contributed by atoms with E-state index in [2.05, 4.69) is 14.9 Å². The molecule has 1 rings (SSSR count). The number of aromatic nitrogens is 2. The highest BCUT2D eigenvalue weighted by atomic mass is 32.2. The van der Waals surface area contributed by atoms with Gasteiger partial charge in [0.2, 0.25) is 10.0 Å². The Bertz CT molecular complexity index is 519. The van der Waals surface area contributed by atoms with E-state index < -0.39 is 32.7 Å². The summed E-state index contributed by atoms with van der Waals surface area (Å²) in [7, 11) is -4.00. The number of aliphatic hydroxyl groups excluding tert-OH is 1. The first-order valence-corrected chi connectivity index (χ1v) is 6.20. The molecule has 96 valence electrons. The third kappa shape index (κ3) is 3.02. The van der Waals surface area contributed by atoms with Gasteiger partial charge in [-0.15, -0.1) is 0 Å². The predicted octanol–water partition coefficient (Wildman–Crippen LogP) is -0.925. The highest BCUT2D eigenvalue weighted by Crippen LogP contribution is 2.17. The van der Waals surface area contributed by atoms with Crippen LogP contribution < -0.4 is 4.72 Å². The number of hydrogen-bond donors (Lipinski definition) is 4. The zero-order valence-corrected chi connectivity index (χ0v) is 10.1. The van der Waals surface area contributed by atoms with Crippen molar-refractivity contribution in [2.75, 3.05) is 6.54 Å². The molecular weight excluding hydrogens is 250 g/mol. The number of sulfonamides is 1. The van der Waals surface area contributed by atoms with Gasteiger partial charge in [0.15, 0.2) is 5.69 Å². The summed E-state index contributed by atoms with van der Waals surface area (Å²) in [6.07, 6.45) is -0.870. The van der Waals surface area contributed by atoms with E-state index in [1.165, 1.54) is 13.8 Å². The number of carboxylic acids is 1. The average Bonchev–Trinajstić information content (AvgIpc) is 2.58. The first kappa shape index (κ1) is 13.6. The Hall–Kier alpha value is -1.45. The van der Waals surface area contributed by atoms with Crippen LogP contribution in [0.2, 0.25) is 0 Å². The van der Waals surface area contributed by atoms with Crippen LogP contribution in [0.4, 0.5) is 0 Å². The van der Waals surface area contributed by atoms with Crippen molar-refractivity contribution in [3.05, 3.63) is 11.4 Å². The molecular formula is C8H13N3O5S. The molecule has 0 aliphatic heterocycles. The summed E-state index contributed by atoms with van der Waals surface area (Å²) in [6, 6.07) is 0. The van der Waals surface area contributed by atoms with E-state index in [0.29, 0.717) is 0 Å². The second kappa shape index (κ2) is 4.82. The molecule has 8 nitrogen and oxygen atoms in total. The Labute approximate surface area is 97.7 Å². The summed E-state index contributed by atoms with van der Waals surface area (Å²) in [5.41, 5.74) is -0.443. The number of rotatable bonds is 5. The van der Waals surface area contributed by atoms with Crippen LogP contribution in [0, 0.1) is 6.92 Å². The largest absolute Gasteiger partial charge is 0.476 e. The number of carboxylic acid groups (broad SMARTS) is 1. The second-order valence-electron chi connectivity index (χ2n) is 3.53. The minimum atomic E-state index is -4.00. The van der Waals surface area contributed by atoms with E-state index in [0.717, 1.165) is 0 Å². The number of aliphatic hydroxyl groups is 1. The van der Waals surface area contributed by atoms with Crippen molar-refractivity contribution in [1.82, 2.24) is 14.9 Å². The predicted molar refractivity (Wildman–Crippen MR) is 57.2 cm³/mol. The molecule has 1 atom stereocenters. The van der Waals surface area contributed by atoms with Crippen molar-refractivity contribution in [3.8, 4) is 0 Å². The molecule has 0 unspecified atom stereocenters. The first-order chi connectivity index (χ1) is 7.75. The third-order valence-electron chi connectivity index (χ3n) is 1.93. The SMILES string of the molecule is Cc1[nH]nc(C(=O)O)c1S(=O)(=O)NC[C@H](C)O. The molecule has 0 saturated heterocycles. The Balaban J connectivity index is 3.14. The lowest BCUT2D eigenvalue weighted by atomic mass is 10.4. The molecule has 0 radical (unpaired) electrons. The summed E-state index contributed by atoms with van der Waals surface area (Å²) in [4.78, 5) is 10.4. The van der Waals surface area contributed by atoms with Crippen LogP contribution in [0.3, 0.4) is 0 Å². The standard InChI is InChI=1S/C8H13N3O5S/c1-4(12)3-9-17(15,16)7-5(2)10-11-6(7)8(13)14/h4,9,12H,3H2,1-2H3,(H,10,11)(H,13,14)/t4-/m0/s1. The van der Waals surface area contributed by atoms with E-state index in [-0.39, 0.29) is 12.2 Å². The van der Waals surface area contributed by atoms with E-state index in [9.17, 15) is 13.2 Å². The Morgan fingerprint density at radius 3 is 2.65 bits per heavy atom. The Kier molecular flexibility index (Phi) is 3.86. The fourth-order valence-electron chi connectivity index (χ4n) is 1.20. The van der Waals surface area contributed by atoms with Crippen LogP contribution >= 0.6 is 0 Å². The monoisotopic (exact) mass is 263 g/mol. The maximum Gasteiger partial charge on any atom is 0.357 e. The highest BCUT2D eigenvalue weighted by Gasteiger charge is 2.28. The topological polar surface area (TPSA) is 132 Å². The van der Waals surface area contributed by atoms with Crippen molar-refractivity contribution in [1.29, 1.82) is 0 Å². The molecule has 9 heteroatoms. The molecule has 4 N–H and O–H groups in total. The minimum absolute atomic E-state index is 0.125. The van der Waals surface area contributed by atoms with Crippen LogP contribution in [0.5, 0.6) is 0 Å². The number of aromatic carboxylic acids is 1. The summed E-state index contributed by atoms with van der Waals surface area (Å²) >= 11 is 0. The molecule has 1 aromatic rings. The third-order valence-corrected chi connectivity index (χ3v) is 3.51. The average molecular weight is 263 g/mol. The number of aromatic amines is 1. The van der Waals surface area contributed by atoms with Gasteiger partial charge < -0.3 is 10.2 Å². The number of carbonyl (C=O) groups is 1. The van der Waals surface area contributed by atoms with Gasteiger partial charge in [0, 0.05) is 6.54 Å². The molecule has 1 aromatic heterocycles. The quantitative estimate of drug-likeness (QED) is 0.543. The lowest BCUT2D eigenvalue weighted by molar-refractivity contribution is 0.0686. The van der Waals surface area contributed by atoms with E-state index >= 15 is 0 Å². The zero-order valence-electron chi connectivity index (χ0n) is 9.26. The molecule has 0 saturated carbocycles. The van der Waals surface area contributed by atoms with Crippen molar-refractivity contribution in [2.24, 2.45) is 0 Å². The van der Waals surface area contributed by atoms with Gasteiger partial charge in [-0.3, -0.25) is 5.10 Å². The van der Waals surface area contributed by atoms with Crippen LogP contribution in [0.1, 0.15) is 23.1 Å². The molecule has 0 aliphatic rings. The van der Waals surface area contributed by atoms with Crippen LogP contribution in [-0.2, 0) is 10.0 Å². The normalized spacial score (nSPS) is 13.6. The van der Waals surface area contributed by atoms with Gasteiger partial charge >= 0.3 is 5.97 Å². The van der Waals surface area contributed by atoms with Gasteiger partial charge in [-0.2, -0.15) is 5.10 Å². The molecule has 0 bridgehead atoms. The Morgan fingerprint density at radius 2 is 2.18 bits per heavy atom. The van der Waals surface area contributed by atoms with Gasteiger partial charge in [-0.25, -0.2) is 17.9 Å². The lowest BCUT2D eigenvalue weighted by Crippen LogP contribution is -2.31. The van der Waals surface area contributed by atoms with Crippen LogP contribution in [0.15, 0.2) is 4.90 Å². The lowest BCUT2D eigenvalue weighted by Gasteiger charge is -2.08. The molecule has 0 spiro atoms. The van der Waals surface area contributed by atoms with Crippen molar-refractivity contribution >= 4 is 16.0 Å². The van der Waals surface area contributed by atoms with Crippen LogP contribution in [0.25, 0.3) is 0 Å². The number of hydrogen-bond acceptors (Lipinski definition) is 5. The smallest absolute Gasteiger partial charge is 0.357 e. The molecule has 1 heterocycles. The number of aryl methyl sites for hydroxylation is 1. The summed E-state index contributed by atoms with van der Waals surface area (Å²) in [5.74, 6) is -1.44. The Morgan fingerprint density at radius 1 is 1.59 bits per heavy atom. The van der Waals surface area contributed by atoms with Gasteiger partial charge in [-0.1, -0.05) is 0 Å². The van der Waals surface area contributed by atoms with Gasteiger partial charge in [0.05, 0.1) is 11.8 Å². The number of nitrogens with zero attached hydrogens (tertiary/aromatic N) is 1. The van der Waals surface area contributed by atoms with E-state index in [1.54, 1.807) is 0 Å². The van der Waals surface area contributed by atoms with Crippen molar-refractivity contribution < 1.29 is 23.4 Å². The fraction of sp³-hybridized carbons (Fsp3) is 0.500. The second-order valence-corrected chi connectivity index (χ2v) is 5.24. The van der Waals surface area contributed by atoms with Gasteiger partial charge in [-0.05, 0) is 13.8 Å².